The fraction of sp³-hybridized carbons (Fsp3) is 0.300. The molecule has 1 amide bonds. The van der Waals surface area contributed by atoms with E-state index in [1.165, 1.54) is 16.4 Å². The van der Waals surface area contributed by atoms with Crippen molar-refractivity contribution in [3.05, 3.63) is 59.1 Å². The van der Waals surface area contributed by atoms with Crippen molar-refractivity contribution in [2.45, 2.75) is 11.4 Å². The summed E-state index contributed by atoms with van der Waals surface area (Å²) in [5, 5.41) is 0.855. The van der Waals surface area contributed by atoms with Crippen molar-refractivity contribution in [3.63, 3.8) is 0 Å². The second-order valence-corrected chi connectivity index (χ2v) is 9.83. The summed E-state index contributed by atoms with van der Waals surface area (Å²) in [6.07, 6.45) is 0. The summed E-state index contributed by atoms with van der Waals surface area (Å²) >= 11 is 1.56. The molecule has 2 heterocycles. The summed E-state index contributed by atoms with van der Waals surface area (Å²) in [5.41, 5.74) is 1.36. The van der Waals surface area contributed by atoms with E-state index in [-0.39, 0.29) is 10.8 Å². The Hall–Kier alpha value is -2.33. The molecule has 0 bridgehead atoms. The first-order chi connectivity index (χ1) is 13.9. The van der Waals surface area contributed by atoms with Crippen LogP contribution in [-0.2, 0) is 21.3 Å². The number of fused-ring (bicyclic) bond motifs is 1. The lowest BCUT2D eigenvalue weighted by Gasteiger charge is -2.26. The number of para-hydroxylation sites is 1. The topological polar surface area (TPSA) is 79.8 Å². The van der Waals surface area contributed by atoms with Crippen LogP contribution in [0.15, 0.2) is 53.4 Å². The molecule has 4 rings (SSSR count). The lowest BCUT2D eigenvalue weighted by Crippen LogP contribution is -2.40. The molecule has 0 unspecified atom stereocenters. The molecule has 9 heteroatoms. The SMILES string of the molecule is CN(Cc1nc2ccccc2s1)C(=O)c1ccc(S(=O)(=O)N2CCOCC2)cc1. The molecule has 0 radical (unpaired) electrons. The van der Waals surface area contributed by atoms with Crippen LogP contribution in [0, 0.1) is 0 Å². The minimum atomic E-state index is -3.57. The number of carbonyl (C=O) groups excluding carboxylic acids is 1. The van der Waals surface area contributed by atoms with Crippen LogP contribution >= 0.6 is 11.3 Å². The van der Waals surface area contributed by atoms with Crippen LogP contribution in [0.25, 0.3) is 10.2 Å². The zero-order chi connectivity index (χ0) is 20.4. The number of ether oxygens (including phenoxy) is 1. The highest BCUT2D eigenvalue weighted by molar-refractivity contribution is 7.89. The van der Waals surface area contributed by atoms with E-state index in [0.717, 1.165) is 15.2 Å². The predicted octanol–water partition coefficient (Wildman–Crippen LogP) is 2.59. The van der Waals surface area contributed by atoms with Gasteiger partial charge >= 0.3 is 0 Å². The zero-order valence-corrected chi connectivity index (χ0v) is 17.6. The molecule has 0 aliphatic carbocycles. The number of rotatable bonds is 5. The Kier molecular flexibility index (Phi) is 5.64. The molecule has 3 aromatic rings. The normalized spacial score (nSPS) is 15.5. The Bertz CT molecular complexity index is 1090. The minimum absolute atomic E-state index is 0.181. The molecule has 0 N–H and O–H groups in total. The Morgan fingerprint density at radius 1 is 1.14 bits per heavy atom. The summed E-state index contributed by atoms with van der Waals surface area (Å²) < 4.78 is 33.1. The second kappa shape index (κ2) is 8.19. The summed E-state index contributed by atoms with van der Waals surface area (Å²) in [4.78, 5) is 19.1. The maximum Gasteiger partial charge on any atom is 0.253 e. The van der Waals surface area contributed by atoms with Crippen molar-refractivity contribution in [1.82, 2.24) is 14.2 Å². The van der Waals surface area contributed by atoms with Gasteiger partial charge in [0, 0.05) is 25.7 Å². The molecule has 1 aliphatic rings. The van der Waals surface area contributed by atoms with Crippen LogP contribution in [0.3, 0.4) is 0 Å². The number of aromatic nitrogens is 1. The first-order valence-electron chi connectivity index (χ1n) is 9.23. The minimum Gasteiger partial charge on any atom is -0.379 e. The monoisotopic (exact) mass is 431 g/mol. The number of nitrogens with zero attached hydrogens (tertiary/aromatic N) is 3. The molecule has 0 saturated carbocycles. The van der Waals surface area contributed by atoms with E-state index >= 15 is 0 Å². The molecule has 1 aromatic heterocycles. The van der Waals surface area contributed by atoms with Crippen molar-refractivity contribution in [1.29, 1.82) is 0 Å². The summed E-state index contributed by atoms with van der Waals surface area (Å²) in [6.45, 7) is 1.87. The Morgan fingerprint density at radius 3 is 2.52 bits per heavy atom. The molecule has 29 heavy (non-hydrogen) atoms. The van der Waals surface area contributed by atoms with E-state index in [1.807, 2.05) is 24.3 Å². The van der Waals surface area contributed by atoms with Gasteiger partial charge in [0.05, 0.1) is 34.9 Å². The van der Waals surface area contributed by atoms with Gasteiger partial charge in [0.15, 0.2) is 0 Å². The molecule has 1 fully saturated rings. The molecule has 1 saturated heterocycles. The number of carbonyl (C=O) groups is 1. The van der Waals surface area contributed by atoms with Crippen LogP contribution in [-0.4, -0.2) is 61.9 Å². The average Bonchev–Trinajstić information content (AvgIpc) is 3.16. The molecule has 7 nitrogen and oxygen atoms in total. The second-order valence-electron chi connectivity index (χ2n) is 6.78. The van der Waals surface area contributed by atoms with E-state index < -0.39 is 10.0 Å². The smallest absolute Gasteiger partial charge is 0.253 e. The number of morpholine rings is 1. The third-order valence-corrected chi connectivity index (χ3v) is 7.70. The van der Waals surface area contributed by atoms with E-state index in [1.54, 1.807) is 35.4 Å². The number of amides is 1. The van der Waals surface area contributed by atoms with Crippen LogP contribution in [0.1, 0.15) is 15.4 Å². The summed E-state index contributed by atoms with van der Waals surface area (Å²) in [7, 11) is -1.85. The van der Waals surface area contributed by atoms with Crippen molar-refractivity contribution >= 4 is 37.5 Å². The zero-order valence-electron chi connectivity index (χ0n) is 15.9. The third kappa shape index (κ3) is 4.18. The van der Waals surface area contributed by atoms with Crippen LogP contribution in [0.4, 0.5) is 0 Å². The van der Waals surface area contributed by atoms with E-state index in [4.69, 9.17) is 4.74 Å². The largest absolute Gasteiger partial charge is 0.379 e. The average molecular weight is 432 g/mol. The summed E-state index contributed by atoms with van der Waals surface area (Å²) in [5.74, 6) is -0.181. The number of thiazole rings is 1. The van der Waals surface area contributed by atoms with E-state index in [9.17, 15) is 13.2 Å². The lowest BCUT2D eigenvalue weighted by atomic mass is 10.2. The molecule has 2 aromatic carbocycles. The van der Waals surface area contributed by atoms with Gasteiger partial charge in [-0.1, -0.05) is 12.1 Å². The van der Waals surface area contributed by atoms with Crippen molar-refractivity contribution in [3.8, 4) is 0 Å². The highest BCUT2D eigenvalue weighted by Gasteiger charge is 2.26. The highest BCUT2D eigenvalue weighted by atomic mass is 32.2. The summed E-state index contributed by atoms with van der Waals surface area (Å²) in [6, 6.07) is 14.0. The number of hydrogen-bond donors (Lipinski definition) is 0. The molecular weight excluding hydrogens is 410 g/mol. The number of hydrogen-bond acceptors (Lipinski definition) is 6. The number of benzene rings is 2. The fourth-order valence-corrected chi connectivity index (χ4v) is 5.62. The highest BCUT2D eigenvalue weighted by Crippen LogP contribution is 2.23. The fourth-order valence-electron chi connectivity index (χ4n) is 3.19. The van der Waals surface area contributed by atoms with Gasteiger partial charge in [-0.15, -0.1) is 11.3 Å². The first kappa shape index (κ1) is 20.0. The van der Waals surface area contributed by atoms with Gasteiger partial charge in [-0.25, -0.2) is 13.4 Å². The Balaban J connectivity index is 1.47. The van der Waals surface area contributed by atoms with Gasteiger partial charge in [-0.2, -0.15) is 4.31 Å². The lowest BCUT2D eigenvalue weighted by molar-refractivity contribution is 0.0730. The molecule has 1 aliphatic heterocycles. The van der Waals surface area contributed by atoms with Gasteiger partial charge in [0.25, 0.3) is 5.91 Å². The third-order valence-electron chi connectivity index (χ3n) is 4.77. The Morgan fingerprint density at radius 2 is 1.83 bits per heavy atom. The van der Waals surface area contributed by atoms with E-state index in [2.05, 4.69) is 4.98 Å². The van der Waals surface area contributed by atoms with Crippen LogP contribution < -0.4 is 0 Å². The maximum atomic E-state index is 12.8. The number of sulfonamides is 1. The van der Waals surface area contributed by atoms with Crippen LogP contribution in [0.2, 0.25) is 0 Å². The quantitative estimate of drug-likeness (QED) is 0.620. The van der Waals surface area contributed by atoms with Gasteiger partial charge in [-0.05, 0) is 36.4 Å². The van der Waals surface area contributed by atoms with Crippen molar-refractivity contribution in [2.24, 2.45) is 0 Å². The van der Waals surface area contributed by atoms with Crippen LogP contribution in [0.5, 0.6) is 0 Å². The van der Waals surface area contributed by atoms with Crippen molar-refractivity contribution in [2.75, 3.05) is 33.4 Å². The standard InChI is InChI=1S/C20H21N3O4S2/c1-22(14-19-21-17-4-2-3-5-18(17)28-19)20(24)15-6-8-16(9-7-15)29(25,26)23-10-12-27-13-11-23/h2-9H,10-14H2,1H3. The Labute approximate surface area is 173 Å². The molecular formula is C20H21N3O4S2. The van der Waals surface area contributed by atoms with Crippen molar-refractivity contribution < 1.29 is 17.9 Å². The van der Waals surface area contributed by atoms with Gasteiger partial charge in [0.1, 0.15) is 5.01 Å². The molecule has 0 atom stereocenters. The van der Waals surface area contributed by atoms with Gasteiger partial charge < -0.3 is 9.64 Å². The molecule has 152 valence electrons. The van der Waals surface area contributed by atoms with Gasteiger partial charge in [-0.3, -0.25) is 4.79 Å². The maximum absolute atomic E-state index is 12.8. The predicted molar refractivity (Wildman–Crippen MR) is 111 cm³/mol. The van der Waals surface area contributed by atoms with E-state index in [0.29, 0.717) is 38.4 Å². The first-order valence-corrected chi connectivity index (χ1v) is 11.5. The van der Waals surface area contributed by atoms with Gasteiger partial charge in [0.2, 0.25) is 10.0 Å². The molecule has 0 spiro atoms.